The minimum absolute atomic E-state index is 0.102. The first-order chi connectivity index (χ1) is 9.58. The van der Waals surface area contributed by atoms with E-state index in [1.807, 2.05) is 12.4 Å². The molecule has 20 heavy (non-hydrogen) atoms. The lowest BCUT2D eigenvalue weighted by Crippen LogP contribution is -2.37. The molecule has 0 spiro atoms. The van der Waals surface area contributed by atoms with Gasteiger partial charge in [0.25, 0.3) is 0 Å². The number of anilines is 2. The highest BCUT2D eigenvalue weighted by molar-refractivity contribution is 5.81. The molecule has 0 unspecified atom stereocenters. The molecule has 1 N–H and O–H groups in total. The summed E-state index contributed by atoms with van der Waals surface area (Å²) >= 11 is 0. The summed E-state index contributed by atoms with van der Waals surface area (Å²) in [5.74, 6) is 0.102. The molecule has 0 saturated carbocycles. The second kappa shape index (κ2) is 8.40. The van der Waals surface area contributed by atoms with Gasteiger partial charge in [-0.05, 0) is 18.9 Å². The summed E-state index contributed by atoms with van der Waals surface area (Å²) in [5, 5.41) is 3.32. The molecule has 0 aliphatic heterocycles. The van der Waals surface area contributed by atoms with Crippen LogP contribution in [-0.4, -0.2) is 49.5 Å². The third-order valence-corrected chi connectivity index (χ3v) is 2.99. The van der Waals surface area contributed by atoms with Crippen molar-refractivity contribution in [1.29, 1.82) is 0 Å². The second-order valence-electron chi connectivity index (χ2n) is 5.07. The number of nitrogens with zero attached hydrogens (tertiary/aromatic N) is 3. The monoisotopic (exact) mass is 278 g/mol. The van der Waals surface area contributed by atoms with Crippen LogP contribution in [0.5, 0.6) is 0 Å². The lowest BCUT2D eigenvalue weighted by Gasteiger charge is -2.25. The quantitative estimate of drug-likeness (QED) is 0.792. The molecule has 0 aliphatic rings. The molecule has 5 heteroatoms. The van der Waals surface area contributed by atoms with E-state index < -0.39 is 0 Å². The van der Waals surface area contributed by atoms with Gasteiger partial charge in [0.2, 0.25) is 5.91 Å². The normalized spacial score (nSPS) is 10.2. The minimum atomic E-state index is 0.102. The molecule has 0 aromatic carbocycles. The third kappa shape index (κ3) is 5.07. The highest BCUT2D eigenvalue weighted by atomic mass is 16.2. The number of pyridine rings is 1. The maximum absolute atomic E-state index is 11.9. The Morgan fingerprint density at radius 1 is 1.25 bits per heavy atom. The van der Waals surface area contributed by atoms with Crippen LogP contribution >= 0.6 is 0 Å². The van der Waals surface area contributed by atoms with Crippen molar-refractivity contribution >= 4 is 17.3 Å². The summed E-state index contributed by atoms with van der Waals surface area (Å²) in [6.45, 7) is 6.40. The lowest BCUT2D eigenvalue weighted by atomic mass is 10.3. The van der Waals surface area contributed by atoms with Gasteiger partial charge in [-0.25, -0.2) is 0 Å². The Hall–Kier alpha value is -1.78. The summed E-state index contributed by atoms with van der Waals surface area (Å²) in [5.41, 5.74) is 1.99. The van der Waals surface area contributed by atoms with Crippen molar-refractivity contribution in [3.63, 3.8) is 0 Å². The van der Waals surface area contributed by atoms with Crippen molar-refractivity contribution < 1.29 is 4.79 Å². The molecule has 0 radical (unpaired) electrons. The Morgan fingerprint density at radius 3 is 2.60 bits per heavy atom. The topological polar surface area (TPSA) is 48.5 Å². The van der Waals surface area contributed by atoms with E-state index in [4.69, 9.17) is 0 Å². The van der Waals surface area contributed by atoms with Crippen LogP contribution in [0.15, 0.2) is 18.5 Å². The highest BCUT2D eigenvalue weighted by Crippen LogP contribution is 2.18. The fraction of sp³-hybridized carbons (Fsp3) is 0.600. The maximum Gasteiger partial charge on any atom is 0.241 e. The Bertz CT molecular complexity index is 420. The predicted octanol–water partition coefficient (Wildman–Crippen LogP) is 2.21. The van der Waals surface area contributed by atoms with Gasteiger partial charge in [-0.15, -0.1) is 0 Å². The number of rotatable bonds is 8. The number of amides is 1. The molecule has 0 fully saturated rings. The van der Waals surface area contributed by atoms with Crippen molar-refractivity contribution in [2.24, 2.45) is 0 Å². The second-order valence-corrected chi connectivity index (χ2v) is 5.07. The first kappa shape index (κ1) is 16.3. The van der Waals surface area contributed by atoms with Crippen molar-refractivity contribution in [2.45, 2.75) is 26.7 Å². The van der Waals surface area contributed by atoms with E-state index in [1.165, 1.54) is 0 Å². The fourth-order valence-electron chi connectivity index (χ4n) is 1.84. The van der Waals surface area contributed by atoms with Crippen LogP contribution in [-0.2, 0) is 4.79 Å². The molecular formula is C15H26N4O. The van der Waals surface area contributed by atoms with Crippen LogP contribution in [0.3, 0.4) is 0 Å². The van der Waals surface area contributed by atoms with E-state index in [1.54, 1.807) is 19.0 Å². The van der Waals surface area contributed by atoms with Crippen LogP contribution in [0.4, 0.5) is 11.4 Å². The fourth-order valence-corrected chi connectivity index (χ4v) is 1.84. The van der Waals surface area contributed by atoms with E-state index in [2.05, 4.69) is 35.1 Å². The Morgan fingerprint density at radius 2 is 2.00 bits per heavy atom. The van der Waals surface area contributed by atoms with Crippen molar-refractivity contribution in [2.75, 3.05) is 43.9 Å². The van der Waals surface area contributed by atoms with E-state index in [9.17, 15) is 4.79 Å². The van der Waals surface area contributed by atoms with Gasteiger partial charge in [0.15, 0.2) is 0 Å². The largest absolute Gasteiger partial charge is 0.384 e. The van der Waals surface area contributed by atoms with Gasteiger partial charge < -0.3 is 15.1 Å². The molecule has 112 valence electrons. The average molecular weight is 278 g/mol. The summed E-state index contributed by atoms with van der Waals surface area (Å²) in [6.07, 6.45) is 5.70. The maximum atomic E-state index is 11.9. The zero-order valence-electron chi connectivity index (χ0n) is 13.0. The van der Waals surface area contributed by atoms with E-state index in [0.29, 0.717) is 6.54 Å². The molecule has 5 nitrogen and oxygen atoms in total. The summed E-state index contributed by atoms with van der Waals surface area (Å²) < 4.78 is 0. The van der Waals surface area contributed by atoms with Crippen molar-refractivity contribution in [3.05, 3.63) is 18.5 Å². The Balaban J connectivity index is 2.82. The molecule has 1 aromatic rings. The summed E-state index contributed by atoms with van der Waals surface area (Å²) in [4.78, 5) is 19.9. The SMILES string of the molecule is CCCNc1cncc(N(CCC)CC(=O)N(C)C)c1. The highest BCUT2D eigenvalue weighted by Gasteiger charge is 2.13. The molecule has 1 aromatic heterocycles. The third-order valence-electron chi connectivity index (χ3n) is 2.99. The molecule has 1 amide bonds. The first-order valence-electron chi connectivity index (χ1n) is 7.22. The van der Waals surface area contributed by atoms with Crippen LogP contribution < -0.4 is 10.2 Å². The van der Waals surface area contributed by atoms with Gasteiger partial charge in [0.05, 0.1) is 30.3 Å². The summed E-state index contributed by atoms with van der Waals surface area (Å²) in [6, 6.07) is 2.06. The van der Waals surface area contributed by atoms with Gasteiger partial charge in [-0.1, -0.05) is 13.8 Å². The number of likely N-dealkylation sites (N-methyl/N-ethyl adjacent to an activating group) is 1. The standard InChI is InChI=1S/C15H26N4O/c1-5-7-17-13-9-14(11-16-10-13)19(8-6-2)12-15(20)18(3)4/h9-11,17H,5-8,12H2,1-4H3. The van der Waals surface area contributed by atoms with Gasteiger partial charge in [-0.2, -0.15) is 0 Å². The van der Waals surface area contributed by atoms with E-state index >= 15 is 0 Å². The number of aromatic nitrogens is 1. The van der Waals surface area contributed by atoms with Gasteiger partial charge in [-0.3, -0.25) is 9.78 Å². The minimum Gasteiger partial charge on any atom is -0.384 e. The molecule has 0 aliphatic carbocycles. The summed E-state index contributed by atoms with van der Waals surface area (Å²) in [7, 11) is 3.56. The lowest BCUT2D eigenvalue weighted by molar-refractivity contribution is -0.127. The number of hydrogen-bond acceptors (Lipinski definition) is 4. The molecule has 0 bridgehead atoms. The van der Waals surface area contributed by atoms with Crippen LogP contribution in [0.2, 0.25) is 0 Å². The number of carbonyl (C=O) groups excluding carboxylic acids is 1. The Labute approximate surface area is 122 Å². The van der Waals surface area contributed by atoms with Crippen LogP contribution in [0, 0.1) is 0 Å². The van der Waals surface area contributed by atoms with Gasteiger partial charge in [0, 0.05) is 27.2 Å². The zero-order valence-corrected chi connectivity index (χ0v) is 13.0. The number of carbonyl (C=O) groups is 1. The number of nitrogens with one attached hydrogen (secondary N) is 1. The molecular weight excluding hydrogens is 252 g/mol. The molecule has 1 heterocycles. The zero-order chi connectivity index (χ0) is 15.0. The van der Waals surface area contributed by atoms with Crippen LogP contribution in [0.1, 0.15) is 26.7 Å². The molecule has 0 atom stereocenters. The molecule has 0 saturated heterocycles. The van der Waals surface area contributed by atoms with Crippen molar-refractivity contribution in [3.8, 4) is 0 Å². The average Bonchev–Trinajstić information content (AvgIpc) is 2.44. The Kier molecular flexibility index (Phi) is 6.84. The number of hydrogen-bond donors (Lipinski definition) is 1. The first-order valence-corrected chi connectivity index (χ1v) is 7.22. The van der Waals surface area contributed by atoms with Crippen molar-refractivity contribution in [1.82, 2.24) is 9.88 Å². The molecule has 1 rings (SSSR count). The predicted molar refractivity (Wildman–Crippen MR) is 84.2 cm³/mol. The van der Waals surface area contributed by atoms with Gasteiger partial charge >= 0.3 is 0 Å². The van der Waals surface area contributed by atoms with E-state index in [0.717, 1.165) is 37.3 Å². The van der Waals surface area contributed by atoms with E-state index in [-0.39, 0.29) is 5.91 Å². The van der Waals surface area contributed by atoms with Gasteiger partial charge in [0.1, 0.15) is 0 Å². The van der Waals surface area contributed by atoms with Crippen LogP contribution in [0.25, 0.3) is 0 Å². The smallest absolute Gasteiger partial charge is 0.241 e.